The van der Waals surface area contributed by atoms with Crippen molar-refractivity contribution >= 4 is 9.28 Å². The highest BCUT2D eigenvalue weighted by Gasteiger charge is 2.22. The van der Waals surface area contributed by atoms with Crippen LogP contribution in [0.5, 0.6) is 0 Å². The van der Waals surface area contributed by atoms with Gasteiger partial charge < -0.3 is 8.85 Å². The molecule has 0 aliphatic heterocycles. The van der Waals surface area contributed by atoms with Gasteiger partial charge in [0.2, 0.25) is 0 Å². The largest absolute Gasteiger partial charge is 0.397 e. The Morgan fingerprint density at radius 2 is 2.07 bits per heavy atom. The van der Waals surface area contributed by atoms with Gasteiger partial charge in [0.05, 0.1) is 0 Å². The Bertz CT molecular complexity index is 252. The fourth-order valence-electron chi connectivity index (χ4n) is 1.40. The van der Waals surface area contributed by atoms with E-state index in [2.05, 4.69) is 11.9 Å². The van der Waals surface area contributed by atoms with Gasteiger partial charge in [-0.15, -0.1) is 0 Å². The molecule has 14 heavy (non-hydrogen) atoms. The first-order chi connectivity index (χ1) is 6.77. The Kier molecular flexibility index (Phi) is 4.79. The van der Waals surface area contributed by atoms with Gasteiger partial charge in [-0.3, -0.25) is 4.98 Å². The standard InChI is InChI=1S/C10H16NO2Si/c1-9(14(12-2)13-3)8-10-6-4-5-7-11-10/h4-7,9H,8H2,1-3H3. The summed E-state index contributed by atoms with van der Waals surface area (Å²) in [6.07, 6.45) is 2.73. The molecule has 0 fully saturated rings. The molecule has 0 saturated heterocycles. The van der Waals surface area contributed by atoms with Crippen molar-refractivity contribution in [2.75, 3.05) is 14.2 Å². The van der Waals surface area contributed by atoms with Crippen molar-refractivity contribution in [3.8, 4) is 0 Å². The smallest absolute Gasteiger partial charge is 0.387 e. The summed E-state index contributed by atoms with van der Waals surface area (Å²) in [5.41, 5.74) is 1.50. The predicted molar refractivity (Wildman–Crippen MR) is 57.1 cm³/mol. The lowest BCUT2D eigenvalue weighted by molar-refractivity contribution is 0.266. The molecule has 1 radical (unpaired) electrons. The topological polar surface area (TPSA) is 31.4 Å². The van der Waals surface area contributed by atoms with Crippen LogP contribution in [0.15, 0.2) is 24.4 Å². The summed E-state index contributed by atoms with van der Waals surface area (Å²) in [6, 6.07) is 5.95. The first-order valence-corrected chi connectivity index (χ1v) is 6.02. The third-order valence-electron chi connectivity index (χ3n) is 2.05. The molecule has 0 N–H and O–H groups in total. The average molecular weight is 210 g/mol. The van der Waals surface area contributed by atoms with Gasteiger partial charge in [0, 0.05) is 31.7 Å². The highest BCUT2D eigenvalue weighted by Crippen LogP contribution is 2.15. The lowest BCUT2D eigenvalue weighted by atomic mass is 10.2. The summed E-state index contributed by atoms with van der Waals surface area (Å²) in [4.78, 5) is 4.27. The highest BCUT2D eigenvalue weighted by molar-refractivity contribution is 6.46. The van der Waals surface area contributed by atoms with Gasteiger partial charge in [-0.2, -0.15) is 0 Å². The van der Waals surface area contributed by atoms with E-state index in [9.17, 15) is 0 Å². The molecule has 0 amide bonds. The highest BCUT2D eigenvalue weighted by atomic mass is 28.3. The molecule has 1 aromatic heterocycles. The maximum Gasteiger partial charge on any atom is 0.387 e. The normalized spacial score (nSPS) is 13.1. The van der Waals surface area contributed by atoms with E-state index in [-0.39, 0.29) is 0 Å². The lowest BCUT2D eigenvalue weighted by Crippen LogP contribution is -2.26. The van der Waals surface area contributed by atoms with E-state index in [4.69, 9.17) is 8.85 Å². The molecule has 0 bridgehead atoms. The minimum absolute atomic E-state index is 0.407. The molecule has 1 rings (SSSR count). The Labute approximate surface area is 86.9 Å². The summed E-state index contributed by atoms with van der Waals surface area (Å²) >= 11 is 0. The van der Waals surface area contributed by atoms with Crippen LogP contribution in [0.4, 0.5) is 0 Å². The second kappa shape index (κ2) is 5.90. The van der Waals surface area contributed by atoms with Crippen LogP contribution in [-0.4, -0.2) is 28.5 Å². The van der Waals surface area contributed by atoms with Gasteiger partial charge in [-0.25, -0.2) is 0 Å². The zero-order chi connectivity index (χ0) is 10.4. The average Bonchev–Trinajstić information content (AvgIpc) is 2.21. The van der Waals surface area contributed by atoms with E-state index >= 15 is 0 Å². The van der Waals surface area contributed by atoms with Gasteiger partial charge in [0.15, 0.2) is 0 Å². The molecule has 0 aliphatic rings. The van der Waals surface area contributed by atoms with Crippen LogP contribution in [0, 0.1) is 0 Å². The van der Waals surface area contributed by atoms with E-state index in [0.717, 1.165) is 12.1 Å². The molecular weight excluding hydrogens is 194 g/mol. The van der Waals surface area contributed by atoms with Gasteiger partial charge in [0.1, 0.15) is 0 Å². The van der Waals surface area contributed by atoms with E-state index in [1.807, 2.05) is 24.4 Å². The van der Waals surface area contributed by atoms with Crippen molar-refractivity contribution in [1.29, 1.82) is 0 Å². The quantitative estimate of drug-likeness (QED) is 0.694. The van der Waals surface area contributed by atoms with Crippen LogP contribution < -0.4 is 0 Å². The predicted octanol–water partition coefficient (Wildman–Crippen LogP) is 1.80. The van der Waals surface area contributed by atoms with Gasteiger partial charge in [-0.05, 0) is 18.6 Å². The Morgan fingerprint density at radius 1 is 1.36 bits per heavy atom. The van der Waals surface area contributed by atoms with Crippen LogP contribution in [0.1, 0.15) is 12.6 Å². The van der Waals surface area contributed by atoms with Crippen molar-refractivity contribution in [3.05, 3.63) is 30.1 Å². The zero-order valence-corrected chi connectivity index (χ0v) is 9.86. The molecule has 77 valence electrons. The minimum Gasteiger partial charge on any atom is -0.397 e. The van der Waals surface area contributed by atoms with Gasteiger partial charge >= 0.3 is 9.28 Å². The second-order valence-electron chi connectivity index (χ2n) is 3.15. The molecular formula is C10H16NO2Si. The summed E-state index contributed by atoms with van der Waals surface area (Å²) in [6.45, 7) is 2.13. The molecule has 0 aromatic carbocycles. The van der Waals surface area contributed by atoms with Crippen LogP contribution >= 0.6 is 0 Å². The van der Waals surface area contributed by atoms with Crippen molar-refractivity contribution in [2.24, 2.45) is 0 Å². The summed E-state index contributed by atoms with van der Waals surface area (Å²) in [7, 11) is 2.26. The van der Waals surface area contributed by atoms with E-state index in [1.165, 1.54) is 0 Å². The van der Waals surface area contributed by atoms with Crippen LogP contribution in [0.25, 0.3) is 0 Å². The van der Waals surface area contributed by atoms with Crippen molar-refractivity contribution < 1.29 is 8.85 Å². The molecule has 1 atom stereocenters. The molecule has 3 nitrogen and oxygen atoms in total. The Balaban J connectivity index is 2.52. The Hall–Kier alpha value is -0.713. The number of pyridine rings is 1. The fourth-order valence-corrected chi connectivity index (χ4v) is 2.75. The van der Waals surface area contributed by atoms with Gasteiger partial charge in [-0.1, -0.05) is 13.0 Å². The van der Waals surface area contributed by atoms with Crippen LogP contribution in [0.3, 0.4) is 0 Å². The fraction of sp³-hybridized carbons (Fsp3) is 0.500. The van der Waals surface area contributed by atoms with Crippen molar-refractivity contribution in [3.63, 3.8) is 0 Å². The van der Waals surface area contributed by atoms with E-state index in [1.54, 1.807) is 14.2 Å². The molecule has 1 aromatic rings. The van der Waals surface area contributed by atoms with E-state index in [0.29, 0.717) is 5.54 Å². The molecule has 1 heterocycles. The number of nitrogens with zero attached hydrogens (tertiary/aromatic N) is 1. The van der Waals surface area contributed by atoms with Crippen molar-refractivity contribution in [2.45, 2.75) is 18.9 Å². The minimum atomic E-state index is -1.14. The third kappa shape index (κ3) is 3.21. The first-order valence-electron chi connectivity index (χ1n) is 4.62. The lowest BCUT2D eigenvalue weighted by Gasteiger charge is -2.16. The number of rotatable bonds is 5. The Morgan fingerprint density at radius 3 is 2.57 bits per heavy atom. The van der Waals surface area contributed by atoms with Gasteiger partial charge in [0.25, 0.3) is 0 Å². The maximum absolute atomic E-state index is 5.29. The number of aromatic nitrogens is 1. The third-order valence-corrected chi connectivity index (χ3v) is 3.86. The first kappa shape index (κ1) is 11.4. The maximum atomic E-state index is 5.29. The van der Waals surface area contributed by atoms with E-state index < -0.39 is 9.28 Å². The molecule has 0 aliphatic carbocycles. The molecule has 0 saturated carbocycles. The monoisotopic (exact) mass is 210 g/mol. The summed E-state index contributed by atoms with van der Waals surface area (Å²) < 4.78 is 10.6. The number of hydrogen-bond donors (Lipinski definition) is 0. The second-order valence-corrected chi connectivity index (χ2v) is 5.59. The molecule has 1 unspecified atom stereocenters. The zero-order valence-electron chi connectivity index (χ0n) is 8.86. The summed E-state index contributed by atoms with van der Waals surface area (Å²) in [5.74, 6) is 0. The van der Waals surface area contributed by atoms with Crippen LogP contribution in [0.2, 0.25) is 5.54 Å². The van der Waals surface area contributed by atoms with Crippen LogP contribution in [-0.2, 0) is 15.3 Å². The SMILES string of the molecule is CO[Si](OC)C(C)Cc1ccccn1. The van der Waals surface area contributed by atoms with Crippen molar-refractivity contribution in [1.82, 2.24) is 4.98 Å². The molecule has 0 spiro atoms. The summed E-state index contributed by atoms with van der Waals surface area (Å²) in [5, 5.41) is 0. The number of hydrogen-bond acceptors (Lipinski definition) is 3. The molecule has 4 heteroatoms.